The molecule has 1 saturated heterocycles. The monoisotopic (exact) mass is 329 g/mol. The second-order valence-electron chi connectivity index (χ2n) is 6.46. The average Bonchev–Trinajstić information content (AvgIpc) is 3.11. The van der Waals surface area contributed by atoms with Crippen molar-refractivity contribution in [3.05, 3.63) is 30.2 Å². The summed E-state index contributed by atoms with van der Waals surface area (Å²) >= 11 is 0. The number of aromatic nitrogens is 2. The van der Waals surface area contributed by atoms with Gasteiger partial charge >= 0.3 is 0 Å². The van der Waals surface area contributed by atoms with E-state index in [0.717, 1.165) is 30.7 Å². The first-order chi connectivity index (χ1) is 11.6. The second-order valence-corrected chi connectivity index (χ2v) is 6.46. The SMILES string of the molecule is COc1cccc(-c2nnc([C@@H]3CCCN(C(=O)C(C)C)C3)o2)c1. The highest BCUT2D eigenvalue weighted by molar-refractivity contribution is 5.78. The Kier molecular flexibility index (Phi) is 4.83. The summed E-state index contributed by atoms with van der Waals surface area (Å²) in [4.78, 5) is 14.1. The van der Waals surface area contributed by atoms with Gasteiger partial charge in [0, 0.05) is 24.6 Å². The van der Waals surface area contributed by atoms with Crippen LogP contribution in [0.15, 0.2) is 28.7 Å². The van der Waals surface area contributed by atoms with Crippen LogP contribution in [0.4, 0.5) is 0 Å². The predicted molar refractivity (Wildman–Crippen MR) is 89.7 cm³/mol. The summed E-state index contributed by atoms with van der Waals surface area (Å²) in [7, 11) is 1.63. The molecule has 128 valence electrons. The number of likely N-dealkylation sites (tertiary alicyclic amines) is 1. The van der Waals surface area contributed by atoms with Crippen LogP contribution in [-0.4, -0.2) is 41.2 Å². The highest BCUT2D eigenvalue weighted by Gasteiger charge is 2.29. The average molecular weight is 329 g/mol. The fourth-order valence-electron chi connectivity index (χ4n) is 3.02. The van der Waals surface area contributed by atoms with Gasteiger partial charge in [0.2, 0.25) is 17.7 Å². The molecule has 0 aliphatic carbocycles. The molecule has 1 aliphatic heterocycles. The topological polar surface area (TPSA) is 68.5 Å². The number of nitrogens with zero attached hydrogens (tertiary/aromatic N) is 3. The van der Waals surface area contributed by atoms with Gasteiger partial charge in [-0.1, -0.05) is 19.9 Å². The molecule has 1 aromatic carbocycles. The Morgan fingerprint density at radius 2 is 2.21 bits per heavy atom. The predicted octanol–water partition coefficient (Wildman–Crippen LogP) is 3.11. The molecular weight excluding hydrogens is 306 g/mol. The maximum Gasteiger partial charge on any atom is 0.247 e. The van der Waals surface area contributed by atoms with E-state index in [1.807, 2.05) is 43.0 Å². The Morgan fingerprint density at radius 3 is 2.96 bits per heavy atom. The molecule has 0 N–H and O–H groups in total. The smallest absolute Gasteiger partial charge is 0.247 e. The molecule has 1 aromatic heterocycles. The summed E-state index contributed by atoms with van der Waals surface area (Å²) in [6.45, 7) is 5.32. The lowest BCUT2D eigenvalue weighted by molar-refractivity contribution is -0.135. The van der Waals surface area contributed by atoms with Crippen molar-refractivity contribution >= 4 is 5.91 Å². The molecule has 0 bridgehead atoms. The van der Waals surface area contributed by atoms with Gasteiger partial charge in [0.1, 0.15) is 5.75 Å². The highest BCUT2D eigenvalue weighted by Crippen LogP contribution is 2.30. The number of carbonyl (C=O) groups excluding carboxylic acids is 1. The standard InChI is InChI=1S/C18H23N3O3/c1-12(2)18(22)21-9-5-7-14(11-21)17-20-19-16(24-17)13-6-4-8-15(10-13)23-3/h4,6,8,10,12,14H,5,7,9,11H2,1-3H3/t14-/m1/s1. The van der Waals surface area contributed by atoms with Gasteiger partial charge in [-0.3, -0.25) is 4.79 Å². The second kappa shape index (κ2) is 7.03. The van der Waals surface area contributed by atoms with Crippen LogP contribution in [0.2, 0.25) is 0 Å². The van der Waals surface area contributed by atoms with Gasteiger partial charge in [0.05, 0.1) is 13.0 Å². The third-order valence-electron chi connectivity index (χ3n) is 4.33. The van der Waals surface area contributed by atoms with E-state index in [0.29, 0.717) is 18.3 Å². The zero-order valence-corrected chi connectivity index (χ0v) is 14.4. The van der Waals surface area contributed by atoms with E-state index in [1.54, 1.807) is 7.11 Å². The summed E-state index contributed by atoms with van der Waals surface area (Å²) < 4.78 is 11.1. The van der Waals surface area contributed by atoms with Crippen LogP contribution in [0, 0.1) is 5.92 Å². The molecule has 2 aromatic rings. The van der Waals surface area contributed by atoms with Crippen molar-refractivity contribution in [1.82, 2.24) is 15.1 Å². The van der Waals surface area contributed by atoms with E-state index < -0.39 is 0 Å². The molecule has 24 heavy (non-hydrogen) atoms. The third kappa shape index (κ3) is 3.42. The number of hydrogen-bond donors (Lipinski definition) is 0. The van der Waals surface area contributed by atoms with Crippen LogP contribution in [0.3, 0.4) is 0 Å². The van der Waals surface area contributed by atoms with Gasteiger partial charge in [-0.2, -0.15) is 0 Å². The van der Waals surface area contributed by atoms with Gasteiger partial charge < -0.3 is 14.1 Å². The van der Waals surface area contributed by atoms with Crippen molar-refractivity contribution in [2.45, 2.75) is 32.6 Å². The van der Waals surface area contributed by atoms with Gasteiger partial charge in [0.15, 0.2) is 0 Å². The minimum Gasteiger partial charge on any atom is -0.497 e. The molecule has 6 nitrogen and oxygen atoms in total. The van der Waals surface area contributed by atoms with E-state index in [9.17, 15) is 4.79 Å². The fraction of sp³-hybridized carbons (Fsp3) is 0.500. The number of piperidine rings is 1. The van der Waals surface area contributed by atoms with Crippen LogP contribution >= 0.6 is 0 Å². The van der Waals surface area contributed by atoms with E-state index in [2.05, 4.69) is 10.2 Å². The van der Waals surface area contributed by atoms with Crippen molar-refractivity contribution in [3.8, 4) is 17.2 Å². The summed E-state index contributed by atoms with van der Waals surface area (Å²) in [6, 6.07) is 7.54. The number of benzene rings is 1. The molecule has 0 unspecified atom stereocenters. The van der Waals surface area contributed by atoms with E-state index >= 15 is 0 Å². The van der Waals surface area contributed by atoms with Gasteiger partial charge in [-0.05, 0) is 31.0 Å². The molecule has 1 fully saturated rings. The minimum atomic E-state index is 0.0128. The highest BCUT2D eigenvalue weighted by atomic mass is 16.5. The molecule has 1 atom stereocenters. The molecular formula is C18H23N3O3. The Morgan fingerprint density at radius 1 is 1.38 bits per heavy atom. The lowest BCUT2D eigenvalue weighted by Crippen LogP contribution is -2.41. The number of rotatable bonds is 4. The Bertz CT molecular complexity index is 711. The molecule has 0 saturated carbocycles. The van der Waals surface area contributed by atoms with E-state index in [4.69, 9.17) is 9.15 Å². The Labute approximate surface area is 141 Å². The van der Waals surface area contributed by atoms with Crippen LogP contribution in [0.1, 0.15) is 38.5 Å². The van der Waals surface area contributed by atoms with Gasteiger partial charge in [0.25, 0.3) is 0 Å². The van der Waals surface area contributed by atoms with E-state index in [-0.39, 0.29) is 17.7 Å². The Hall–Kier alpha value is -2.37. The number of carbonyl (C=O) groups is 1. The summed E-state index contributed by atoms with van der Waals surface area (Å²) in [5.74, 6) is 2.14. The fourth-order valence-corrected chi connectivity index (χ4v) is 3.02. The molecule has 2 heterocycles. The summed E-state index contributed by atoms with van der Waals surface area (Å²) in [5.41, 5.74) is 0.832. The lowest BCUT2D eigenvalue weighted by atomic mass is 9.97. The zero-order chi connectivity index (χ0) is 17.1. The molecule has 0 radical (unpaired) electrons. The van der Waals surface area contributed by atoms with Crippen LogP contribution in [0.25, 0.3) is 11.5 Å². The molecule has 6 heteroatoms. The van der Waals surface area contributed by atoms with Crippen molar-refractivity contribution in [3.63, 3.8) is 0 Å². The third-order valence-corrected chi connectivity index (χ3v) is 4.33. The largest absolute Gasteiger partial charge is 0.497 e. The van der Waals surface area contributed by atoms with Crippen LogP contribution in [-0.2, 0) is 4.79 Å². The normalized spacial score (nSPS) is 18.0. The molecule has 0 spiro atoms. The van der Waals surface area contributed by atoms with Crippen molar-refractivity contribution < 1.29 is 13.9 Å². The zero-order valence-electron chi connectivity index (χ0n) is 14.4. The van der Waals surface area contributed by atoms with Crippen molar-refractivity contribution in [2.75, 3.05) is 20.2 Å². The molecule has 1 amide bonds. The van der Waals surface area contributed by atoms with Gasteiger partial charge in [-0.25, -0.2) is 0 Å². The van der Waals surface area contributed by atoms with Crippen molar-refractivity contribution in [2.24, 2.45) is 5.92 Å². The number of amides is 1. The Balaban J connectivity index is 1.76. The minimum absolute atomic E-state index is 0.0128. The quantitative estimate of drug-likeness (QED) is 0.862. The number of ether oxygens (including phenoxy) is 1. The van der Waals surface area contributed by atoms with Crippen LogP contribution in [0.5, 0.6) is 5.75 Å². The summed E-state index contributed by atoms with van der Waals surface area (Å²) in [5, 5.41) is 8.38. The maximum atomic E-state index is 12.2. The number of methoxy groups -OCH3 is 1. The first-order valence-electron chi connectivity index (χ1n) is 8.35. The lowest BCUT2D eigenvalue weighted by Gasteiger charge is -2.32. The van der Waals surface area contributed by atoms with Crippen molar-refractivity contribution in [1.29, 1.82) is 0 Å². The maximum absolute atomic E-state index is 12.2. The molecule has 1 aliphatic rings. The first-order valence-corrected chi connectivity index (χ1v) is 8.35. The van der Waals surface area contributed by atoms with Gasteiger partial charge in [-0.15, -0.1) is 10.2 Å². The summed E-state index contributed by atoms with van der Waals surface area (Å²) in [6.07, 6.45) is 1.92. The van der Waals surface area contributed by atoms with E-state index in [1.165, 1.54) is 0 Å². The number of hydrogen-bond acceptors (Lipinski definition) is 5. The van der Waals surface area contributed by atoms with Crippen LogP contribution < -0.4 is 4.74 Å². The first kappa shape index (κ1) is 16.5. The molecule has 3 rings (SSSR count).